The third-order valence-corrected chi connectivity index (χ3v) is 10.1. The van der Waals surface area contributed by atoms with E-state index in [1.807, 2.05) is 24.3 Å². The summed E-state index contributed by atoms with van der Waals surface area (Å²) in [5, 5.41) is 3.80. The molecule has 0 spiro atoms. The van der Waals surface area contributed by atoms with E-state index in [1.54, 1.807) is 0 Å². The van der Waals surface area contributed by atoms with E-state index in [-0.39, 0.29) is 5.41 Å². The molecule has 45 heavy (non-hydrogen) atoms. The minimum atomic E-state index is -0.0485. The van der Waals surface area contributed by atoms with E-state index in [0.717, 1.165) is 16.7 Å². The molecule has 0 unspecified atom stereocenters. The van der Waals surface area contributed by atoms with Gasteiger partial charge in [-0.15, -0.1) is 0 Å². The summed E-state index contributed by atoms with van der Waals surface area (Å²) in [5.74, 6) is 0.645. The molecule has 9 rings (SSSR count). The van der Waals surface area contributed by atoms with E-state index >= 15 is 0 Å². The zero-order valence-electron chi connectivity index (χ0n) is 25.8. The molecule has 1 aliphatic rings. The van der Waals surface area contributed by atoms with Crippen molar-refractivity contribution in [2.45, 2.75) is 33.1 Å². The molecule has 3 heteroatoms. The third-order valence-electron chi connectivity index (χ3n) is 10.1. The Labute approximate surface area is 262 Å². The molecule has 216 valence electrons. The predicted molar refractivity (Wildman–Crippen MR) is 186 cm³/mol. The van der Waals surface area contributed by atoms with Crippen molar-refractivity contribution in [3.05, 3.63) is 144 Å². The Hall–Kier alpha value is -5.41. The Morgan fingerprint density at radius 3 is 2.16 bits per heavy atom. The maximum Gasteiger partial charge on any atom is 0.227 e. The standard InChI is InChI=1S/C42H32N2O/c1-25-26(2)44(29-20-21-34-33-10-5-6-13-36(33)42(3,4)37(34)24-29)40-30(25)22-23-32-31(11-9-12-35(32)40)27-16-18-28(19-17-27)41-43-38-14-7-8-15-39(38)45-41/h5-24H,1-4H3. The van der Waals surface area contributed by atoms with Crippen LogP contribution in [0.5, 0.6) is 0 Å². The Morgan fingerprint density at radius 1 is 0.600 bits per heavy atom. The van der Waals surface area contributed by atoms with Gasteiger partial charge >= 0.3 is 0 Å². The monoisotopic (exact) mass is 580 g/mol. The van der Waals surface area contributed by atoms with Crippen LogP contribution >= 0.6 is 0 Å². The predicted octanol–water partition coefficient (Wildman–Crippen LogP) is 11.2. The molecule has 2 aromatic heterocycles. The second kappa shape index (κ2) is 9.30. The molecule has 0 atom stereocenters. The second-order valence-corrected chi connectivity index (χ2v) is 12.9. The average Bonchev–Trinajstić information content (AvgIpc) is 3.69. The van der Waals surface area contributed by atoms with Crippen LogP contribution in [0.3, 0.4) is 0 Å². The molecule has 6 aromatic carbocycles. The van der Waals surface area contributed by atoms with Crippen LogP contribution < -0.4 is 0 Å². The highest BCUT2D eigenvalue weighted by atomic mass is 16.3. The number of benzene rings is 6. The van der Waals surface area contributed by atoms with Gasteiger partial charge in [0, 0.05) is 33.1 Å². The van der Waals surface area contributed by atoms with Gasteiger partial charge in [0.05, 0.1) is 5.52 Å². The maximum atomic E-state index is 6.03. The molecule has 0 N–H and O–H groups in total. The molecule has 8 aromatic rings. The van der Waals surface area contributed by atoms with E-state index in [2.05, 4.69) is 129 Å². The molecule has 0 fully saturated rings. The summed E-state index contributed by atoms with van der Waals surface area (Å²) in [6.07, 6.45) is 0. The van der Waals surface area contributed by atoms with Crippen molar-refractivity contribution in [3.63, 3.8) is 0 Å². The van der Waals surface area contributed by atoms with Crippen LogP contribution in [0.25, 0.3) is 72.2 Å². The first kappa shape index (κ1) is 26.0. The van der Waals surface area contributed by atoms with Crippen molar-refractivity contribution in [2.75, 3.05) is 0 Å². The lowest BCUT2D eigenvalue weighted by Crippen LogP contribution is -2.15. The number of para-hydroxylation sites is 2. The highest BCUT2D eigenvalue weighted by Crippen LogP contribution is 2.49. The van der Waals surface area contributed by atoms with Gasteiger partial charge in [0.15, 0.2) is 5.58 Å². The van der Waals surface area contributed by atoms with Gasteiger partial charge in [0.2, 0.25) is 5.89 Å². The van der Waals surface area contributed by atoms with Crippen molar-refractivity contribution in [1.29, 1.82) is 0 Å². The lowest BCUT2D eigenvalue weighted by Gasteiger charge is -2.22. The van der Waals surface area contributed by atoms with Gasteiger partial charge in [-0.2, -0.15) is 0 Å². The Kier molecular flexibility index (Phi) is 5.38. The van der Waals surface area contributed by atoms with Crippen molar-refractivity contribution in [2.24, 2.45) is 0 Å². The van der Waals surface area contributed by atoms with E-state index in [0.29, 0.717) is 5.89 Å². The Morgan fingerprint density at radius 2 is 1.31 bits per heavy atom. The van der Waals surface area contributed by atoms with Gasteiger partial charge in [0.1, 0.15) is 5.52 Å². The van der Waals surface area contributed by atoms with Crippen molar-refractivity contribution in [3.8, 4) is 39.4 Å². The molecule has 2 heterocycles. The van der Waals surface area contributed by atoms with Crippen LogP contribution in [0, 0.1) is 13.8 Å². The molecule has 3 nitrogen and oxygen atoms in total. The van der Waals surface area contributed by atoms with Crippen molar-refractivity contribution in [1.82, 2.24) is 9.55 Å². The van der Waals surface area contributed by atoms with E-state index in [1.165, 1.54) is 72.0 Å². The fourth-order valence-electron chi connectivity index (χ4n) is 7.61. The largest absolute Gasteiger partial charge is 0.436 e. The van der Waals surface area contributed by atoms with Gasteiger partial charge in [-0.3, -0.25) is 0 Å². The van der Waals surface area contributed by atoms with Crippen LogP contribution in [0.1, 0.15) is 36.2 Å². The Balaban J connectivity index is 1.20. The lowest BCUT2D eigenvalue weighted by atomic mass is 9.82. The zero-order chi connectivity index (χ0) is 30.4. The molecule has 0 bridgehead atoms. The van der Waals surface area contributed by atoms with Crippen LogP contribution in [0.2, 0.25) is 0 Å². The SMILES string of the molecule is Cc1c(C)n(-c2ccc3c(c2)C(C)(C)c2ccccc2-3)c2c1ccc1c(-c3ccc(-c4nc5ccccc5o4)cc3)cccc12. The molecule has 0 aliphatic heterocycles. The number of nitrogens with zero attached hydrogens (tertiary/aromatic N) is 2. The number of rotatable bonds is 3. The summed E-state index contributed by atoms with van der Waals surface area (Å²) >= 11 is 0. The van der Waals surface area contributed by atoms with Crippen molar-refractivity contribution >= 4 is 32.8 Å². The number of aryl methyl sites for hydroxylation is 1. The van der Waals surface area contributed by atoms with Crippen molar-refractivity contribution < 1.29 is 4.42 Å². The highest BCUT2D eigenvalue weighted by molar-refractivity contribution is 6.12. The minimum absolute atomic E-state index is 0.0485. The lowest BCUT2D eigenvalue weighted by molar-refractivity contribution is 0.620. The second-order valence-electron chi connectivity index (χ2n) is 12.9. The number of fused-ring (bicyclic) bond motifs is 7. The first-order valence-corrected chi connectivity index (χ1v) is 15.6. The van der Waals surface area contributed by atoms with E-state index in [4.69, 9.17) is 9.40 Å². The summed E-state index contributed by atoms with van der Waals surface area (Å²) in [6, 6.07) is 43.7. The zero-order valence-corrected chi connectivity index (χ0v) is 25.8. The van der Waals surface area contributed by atoms with Gasteiger partial charge in [-0.1, -0.05) is 98.8 Å². The number of hydrogen-bond acceptors (Lipinski definition) is 2. The minimum Gasteiger partial charge on any atom is -0.436 e. The normalized spacial score (nSPS) is 13.5. The van der Waals surface area contributed by atoms with E-state index < -0.39 is 0 Å². The summed E-state index contributed by atoms with van der Waals surface area (Å²) in [5.41, 5.74) is 15.6. The first-order valence-electron chi connectivity index (χ1n) is 15.6. The molecular weight excluding hydrogens is 548 g/mol. The summed E-state index contributed by atoms with van der Waals surface area (Å²) in [7, 11) is 0. The average molecular weight is 581 g/mol. The molecular formula is C42H32N2O. The van der Waals surface area contributed by atoms with Crippen LogP contribution in [-0.2, 0) is 5.41 Å². The maximum absolute atomic E-state index is 6.03. The summed E-state index contributed by atoms with van der Waals surface area (Å²) in [4.78, 5) is 4.69. The fourth-order valence-corrected chi connectivity index (χ4v) is 7.61. The van der Waals surface area contributed by atoms with Gasteiger partial charge in [0.25, 0.3) is 0 Å². The van der Waals surface area contributed by atoms with Gasteiger partial charge < -0.3 is 8.98 Å². The summed E-state index contributed by atoms with van der Waals surface area (Å²) in [6.45, 7) is 9.21. The Bertz CT molecular complexity index is 2440. The number of aromatic nitrogens is 2. The van der Waals surface area contributed by atoms with E-state index in [9.17, 15) is 0 Å². The van der Waals surface area contributed by atoms with Crippen LogP contribution in [-0.4, -0.2) is 9.55 Å². The summed E-state index contributed by atoms with van der Waals surface area (Å²) < 4.78 is 8.51. The quantitative estimate of drug-likeness (QED) is 0.208. The fraction of sp³-hybridized carbons (Fsp3) is 0.119. The first-order chi connectivity index (χ1) is 21.9. The topological polar surface area (TPSA) is 31.0 Å². The third kappa shape index (κ3) is 3.67. The van der Waals surface area contributed by atoms with Crippen LogP contribution in [0.15, 0.2) is 126 Å². The molecule has 0 saturated carbocycles. The molecule has 0 radical (unpaired) electrons. The molecule has 0 saturated heterocycles. The number of oxazole rings is 1. The van der Waals surface area contributed by atoms with Gasteiger partial charge in [-0.05, 0) is 94.6 Å². The number of hydrogen-bond donors (Lipinski definition) is 0. The van der Waals surface area contributed by atoms with Gasteiger partial charge in [-0.25, -0.2) is 4.98 Å². The van der Waals surface area contributed by atoms with Crippen LogP contribution in [0.4, 0.5) is 0 Å². The molecule has 1 aliphatic carbocycles. The smallest absolute Gasteiger partial charge is 0.227 e. The molecule has 0 amide bonds. The highest BCUT2D eigenvalue weighted by Gasteiger charge is 2.35.